The number of carbonyl (C=O) groups is 1. The fraction of sp³-hybridized carbons (Fsp3) is 0.353. The molecule has 23 heavy (non-hydrogen) atoms. The predicted molar refractivity (Wildman–Crippen MR) is 92.4 cm³/mol. The van der Waals surface area contributed by atoms with Crippen molar-refractivity contribution in [3.63, 3.8) is 0 Å². The average Bonchev–Trinajstić information content (AvgIpc) is 2.41. The van der Waals surface area contributed by atoms with Gasteiger partial charge in [0.25, 0.3) is 11.5 Å². The molecule has 0 fully saturated rings. The van der Waals surface area contributed by atoms with Crippen LogP contribution in [0.4, 0.5) is 5.69 Å². The van der Waals surface area contributed by atoms with Crippen molar-refractivity contribution < 1.29 is 4.79 Å². The molecule has 0 atom stereocenters. The van der Waals surface area contributed by atoms with Gasteiger partial charge in [0.2, 0.25) is 0 Å². The van der Waals surface area contributed by atoms with Gasteiger partial charge >= 0.3 is 0 Å². The van der Waals surface area contributed by atoms with Gasteiger partial charge in [-0.05, 0) is 31.5 Å². The molecule has 1 aromatic carbocycles. The molecule has 122 valence electrons. The summed E-state index contributed by atoms with van der Waals surface area (Å²) in [6.45, 7) is 9.36. The Bertz CT molecular complexity index is 820. The minimum Gasteiger partial charge on any atom is -0.322 e. The van der Waals surface area contributed by atoms with Crippen molar-refractivity contribution in [3.05, 3.63) is 56.2 Å². The molecule has 0 saturated heterocycles. The molecule has 0 saturated carbocycles. The summed E-state index contributed by atoms with van der Waals surface area (Å²) in [5.41, 5.74) is 1.10. The molecule has 0 unspecified atom stereocenters. The van der Waals surface area contributed by atoms with E-state index in [0.717, 1.165) is 5.56 Å². The number of rotatable bonds is 2. The van der Waals surface area contributed by atoms with Crippen molar-refractivity contribution in [2.75, 3.05) is 5.32 Å². The molecule has 0 spiro atoms. The lowest BCUT2D eigenvalue weighted by Crippen LogP contribution is -2.30. The molecule has 6 heteroatoms. The largest absolute Gasteiger partial charge is 0.322 e. The summed E-state index contributed by atoms with van der Waals surface area (Å²) >= 11 is 6.05. The molecule has 1 aromatic heterocycles. The Balaban J connectivity index is 2.36. The van der Waals surface area contributed by atoms with Crippen LogP contribution in [0.5, 0.6) is 0 Å². The zero-order valence-corrected chi connectivity index (χ0v) is 14.6. The van der Waals surface area contributed by atoms with Gasteiger partial charge in [-0.1, -0.05) is 38.4 Å². The number of carbonyl (C=O) groups excluding carboxylic acids is 1. The van der Waals surface area contributed by atoms with Crippen molar-refractivity contribution in [2.24, 2.45) is 0 Å². The van der Waals surface area contributed by atoms with Gasteiger partial charge in [0.15, 0.2) is 0 Å². The van der Waals surface area contributed by atoms with Crippen LogP contribution in [-0.4, -0.2) is 15.9 Å². The van der Waals surface area contributed by atoms with E-state index in [2.05, 4.69) is 15.3 Å². The normalized spacial score (nSPS) is 11.4. The first-order chi connectivity index (χ1) is 10.6. The van der Waals surface area contributed by atoms with Crippen LogP contribution in [-0.2, 0) is 5.41 Å². The molecule has 1 amide bonds. The van der Waals surface area contributed by atoms with Crippen LogP contribution < -0.4 is 10.9 Å². The highest BCUT2D eigenvalue weighted by atomic mass is 35.5. The van der Waals surface area contributed by atoms with Crippen LogP contribution in [0.1, 0.15) is 48.2 Å². The molecule has 2 aromatic rings. The monoisotopic (exact) mass is 333 g/mol. The van der Waals surface area contributed by atoms with Crippen LogP contribution in [0.15, 0.2) is 23.0 Å². The van der Waals surface area contributed by atoms with Crippen LogP contribution in [0.25, 0.3) is 0 Å². The van der Waals surface area contributed by atoms with Gasteiger partial charge < -0.3 is 10.3 Å². The highest BCUT2D eigenvalue weighted by Gasteiger charge is 2.22. The average molecular weight is 334 g/mol. The summed E-state index contributed by atoms with van der Waals surface area (Å²) in [5.74, 6) is 0.0477. The SMILES string of the molecule is Cc1ccc(NC(=O)c2c(C)nc(C(C)(C)C)[nH]c2=O)cc1Cl. The van der Waals surface area contributed by atoms with E-state index in [1.165, 1.54) is 0 Å². The fourth-order valence-electron chi connectivity index (χ4n) is 2.07. The summed E-state index contributed by atoms with van der Waals surface area (Å²) in [4.78, 5) is 31.7. The number of nitrogens with zero attached hydrogens (tertiary/aromatic N) is 1. The zero-order valence-electron chi connectivity index (χ0n) is 13.9. The van der Waals surface area contributed by atoms with Crippen molar-refractivity contribution in [1.29, 1.82) is 0 Å². The first-order valence-electron chi connectivity index (χ1n) is 7.28. The second-order valence-corrected chi connectivity index (χ2v) is 6.95. The number of halogens is 1. The van der Waals surface area contributed by atoms with E-state index in [0.29, 0.717) is 22.2 Å². The van der Waals surface area contributed by atoms with Crippen molar-refractivity contribution in [1.82, 2.24) is 9.97 Å². The van der Waals surface area contributed by atoms with E-state index in [4.69, 9.17) is 11.6 Å². The number of aromatic amines is 1. The molecular weight excluding hydrogens is 314 g/mol. The molecule has 0 radical (unpaired) electrons. The first-order valence-corrected chi connectivity index (χ1v) is 7.66. The number of nitrogens with one attached hydrogen (secondary N) is 2. The number of amides is 1. The van der Waals surface area contributed by atoms with Gasteiger partial charge in [-0.2, -0.15) is 0 Å². The first kappa shape index (κ1) is 17.2. The highest BCUT2D eigenvalue weighted by molar-refractivity contribution is 6.31. The van der Waals surface area contributed by atoms with Crippen molar-refractivity contribution >= 4 is 23.2 Å². The molecular formula is C17H20ClN3O2. The van der Waals surface area contributed by atoms with Crippen LogP contribution in [0.3, 0.4) is 0 Å². The van der Waals surface area contributed by atoms with E-state index in [9.17, 15) is 9.59 Å². The smallest absolute Gasteiger partial charge is 0.264 e. The third kappa shape index (κ3) is 3.79. The van der Waals surface area contributed by atoms with Crippen LogP contribution in [0.2, 0.25) is 5.02 Å². The number of hydrogen-bond acceptors (Lipinski definition) is 3. The van der Waals surface area contributed by atoms with Gasteiger partial charge in [0, 0.05) is 16.1 Å². The standard InChI is InChI=1S/C17H20ClN3O2/c1-9-6-7-11(8-12(9)18)20-14(22)13-10(2)19-16(17(3,4)5)21-15(13)23/h6-8H,1-5H3,(H,20,22)(H,19,21,23). The second-order valence-electron chi connectivity index (χ2n) is 6.54. The molecule has 2 N–H and O–H groups in total. The number of aromatic nitrogens is 2. The lowest BCUT2D eigenvalue weighted by Gasteiger charge is -2.18. The summed E-state index contributed by atoms with van der Waals surface area (Å²) in [5, 5.41) is 3.23. The molecule has 0 bridgehead atoms. The third-order valence-electron chi connectivity index (χ3n) is 3.47. The molecule has 0 aliphatic heterocycles. The number of hydrogen-bond donors (Lipinski definition) is 2. The zero-order chi connectivity index (χ0) is 17.4. The van der Waals surface area contributed by atoms with E-state index >= 15 is 0 Å². The molecule has 2 rings (SSSR count). The topological polar surface area (TPSA) is 74.8 Å². The summed E-state index contributed by atoms with van der Waals surface area (Å²) < 4.78 is 0. The van der Waals surface area contributed by atoms with Crippen LogP contribution >= 0.6 is 11.6 Å². The number of benzene rings is 1. The maximum Gasteiger partial charge on any atom is 0.264 e. The maximum absolute atomic E-state index is 12.4. The van der Waals surface area contributed by atoms with E-state index in [1.54, 1.807) is 25.1 Å². The summed E-state index contributed by atoms with van der Waals surface area (Å²) in [7, 11) is 0. The third-order valence-corrected chi connectivity index (χ3v) is 3.87. The van der Waals surface area contributed by atoms with Gasteiger partial charge in [0.05, 0.1) is 5.69 Å². The van der Waals surface area contributed by atoms with Gasteiger partial charge in [0.1, 0.15) is 11.4 Å². The lowest BCUT2D eigenvalue weighted by molar-refractivity contribution is 0.102. The van der Waals surface area contributed by atoms with Crippen LogP contribution in [0, 0.1) is 13.8 Å². The quantitative estimate of drug-likeness (QED) is 0.881. The van der Waals surface area contributed by atoms with E-state index < -0.39 is 11.5 Å². The lowest BCUT2D eigenvalue weighted by atomic mass is 9.95. The molecule has 0 aliphatic carbocycles. The molecule has 0 aliphatic rings. The Morgan fingerprint density at radius 1 is 1.26 bits per heavy atom. The summed E-state index contributed by atoms with van der Waals surface area (Å²) in [6.07, 6.45) is 0. The minimum atomic E-state index is -0.503. The van der Waals surface area contributed by atoms with Gasteiger partial charge in [-0.3, -0.25) is 9.59 Å². The Morgan fingerprint density at radius 2 is 1.91 bits per heavy atom. The molecule has 1 heterocycles. The van der Waals surface area contributed by atoms with Crippen molar-refractivity contribution in [3.8, 4) is 0 Å². The van der Waals surface area contributed by atoms with Gasteiger partial charge in [-0.25, -0.2) is 4.98 Å². The highest BCUT2D eigenvalue weighted by Crippen LogP contribution is 2.21. The summed E-state index contributed by atoms with van der Waals surface area (Å²) in [6, 6.07) is 5.19. The Kier molecular flexibility index (Phi) is 4.61. The minimum absolute atomic E-state index is 0.00898. The second kappa shape index (κ2) is 6.16. The molecule has 5 nitrogen and oxygen atoms in total. The van der Waals surface area contributed by atoms with Crippen molar-refractivity contribution in [2.45, 2.75) is 40.0 Å². The van der Waals surface area contributed by atoms with E-state index in [-0.39, 0.29) is 11.0 Å². The number of aryl methyl sites for hydroxylation is 2. The Hall–Kier alpha value is -2.14. The Labute approximate surface area is 140 Å². The predicted octanol–water partition coefficient (Wildman–Crippen LogP) is 3.59. The number of anilines is 1. The fourth-order valence-corrected chi connectivity index (χ4v) is 2.25. The van der Waals surface area contributed by atoms with Gasteiger partial charge in [-0.15, -0.1) is 0 Å². The Morgan fingerprint density at radius 3 is 2.43 bits per heavy atom. The van der Waals surface area contributed by atoms with E-state index in [1.807, 2.05) is 27.7 Å². The number of H-pyrrole nitrogens is 1. The maximum atomic E-state index is 12.4.